The highest BCUT2D eigenvalue weighted by Crippen LogP contribution is 2.41. The highest BCUT2D eigenvalue weighted by atomic mass is 15.0. The minimum absolute atomic E-state index is 0.574. The zero-order chi connectivity index (χ0) is 16.8. The van der Waals surface area contributed by atoms with Crippen molar-refractivity contribution < 1.29 is 0 Å². The van der Waals surface area contributed by atoms with Gasteiger partial charge in [-0.2, -0.15) is 0 Å². The van der Waals surface area contributed by atoms with Gasteiger partial charge in [0.15, 0.2) is 0 Å². The molecule has 0 saturated carbocycles. The zero-order valence-corrected chi connectivity index (χ0v) is 15.0. The van der Waals surface area contributed by atoms with E-state index < -0.39 is 0 Å². The Morgan fingerprint density at radius 2 is 1.25 bits per heavy atom. The second-order valence-corrected chi connectivity index (χ2v) is 7.44. The molecule has 1 heteroatoms. The quantitative estimate of drug-likeness (QED) is 0.517. The molecule has 1 nitrogen and oxygen atoms in total. The molecule has 0 saturated heterocycles. The standard InChI is InChI=1S/C23H25N/c1-15(2)16(3)17(4)18-13-14-23(18)24-21-11-7-5-9-19(21)20-10-6-8-12-22(20)24/h5-17H,1-4H3/t16-,17+/m1/s1. The lowest BCUT2D eigenvalue weighted by atomic mass is 9.77. The first-order valence-electron chi connectivity index (χ1n) is 9.00. The molecule has 0 fully saturated rings. The lowest BCUT2D eigenvalue weighted by Crippen LogP contribution is -2.21. The first-order valence-corrected chi connectivity index (χ1v) is 9.00. The van der Waals surface area contributed by atoms with Gasteiger partial charge in [-0.15, -0.1) is 0 Å². The highest BCUT2D eigenvalue weighted by molar-refractivity contribution is 6.11. The number of hydrogen-bond acceptors (Lipinski definition) is 0. The van der Waals surface area contributed by atoms with Gasteiger partial charge in [-0.25, -0.2) is 0 Å². The lowest BCUT2D eigenvalue weighted by molar-refractivity contribution is 0.334. The van der Waals surface area contributed by atoms with Crippen molar-refractivity contribution in [1.82, 2.24) is 4.57 Å². The third-order valence-corrected chi connectivity index (χ3v) is 5.87. The number of aromatic nitrogens is 1. The predicted octanol–water partition coefficient (Wildman–Crippen LogP) is 6.50. The van der Waals surface area contributed by atoms with E-state index in [4.69, 9.17) is 0 Å². The Morgan fingerprint density at radius 1 is 0.708 bits per heavy atom. The SMILES string of the molecule is CC(C)[C@@H](C)[C@H](C)C1=CC=C1n1c2ccccc2c2ccccc21. The Morgan fingerprint density at radius 3 is 1.71 bits per heavy atom. The zero-order valence-electron chi connectivity index (χ0n) is 15.0. The third-order valence-electron chi connectivity index (χ3n) is 5.87. The molecular formula is C23H25N. The van der Waals surface area contributed by atoms with Gasteiger partial charge >= 0.3 is 0 Å². The van der Waals surface area contributed by atoms with Crippen LogP contribution in [0.25, 0.3) is 27.5 Å². The second kappa shape index (κ2) is 5.66. The summed E-state index contributed by atoms with van der Waals surface area (Å²) in [6, 6.07) is 17.5. The van der Waals surface area contributed by atoms with Gasteiger partial charge in [-0.1, -0.05) is 70.2 Å². The molecule has 0 spiro atoms. The summed E-state index contributed by atoms with van der Waals surface area (Å²) in [5.41, 5.74) is 5.47. The number of hydrogen-bond donors (Lipinski definition) is 0. The Bertz CT molecular complexity index is 915. The van der Waals surface area contributed by atoms with Gasteiger partial charge in [0.2, 0.25) is 0 Å². The van der Waals surface area contributed by atoms with Crippen LogP contribution in [0.5, 0.6) is 0 Å². The molecule has 24 heavy (non-hydrogen) atoms. The van der Waals surface area contributed by atoms with Crippen LogP contribution in [0.2, 0.25) is 0 Å². The molecule has 2 aromatic carbocycles. The van der Waals surface area contributed by atoms with Crippen LogP contribution in [0, 0.1) is 17.8 Å². The van der Waals surface area contributed by atoms with Crippen molar-refractivity contribution in [2.24, 2.45) is 17.8 Å². The summed E-state index contributed by atoms with van der Waals surface area (Å²) >= 11 is 0. The molecule has 0 radical (unpaired) electrons. The van der Waals surface area contributed by atoms with Gasteiger partial charge in [-0.3, -0.25) is 0 Å². The maximum Gasteiger partial charge on any atom is 0.0541 e. The van der Waals surface area contributed by atoms with Crippen molar-refractivity contribution in [2.45, 2.75) is 27.7 Å². The van der Waals surface area contributed by atoms with Crippen molar-refractivity contribution in [2.75, 3.05) is 0 Å². The summed E-state index contributed by atoms with van der Waals surface area (Å²) in [6.45, 7) is 9.39. The molecular weight excluding hydrogens is 290 g/mol. The van der Waals surface area contributed by atoms with Crippen molar-refractivity contribution in [3.8, 4) is 0 Å². The minimum Gasteiger partial charge on any atom is -0.309 e. The number of fused-ring (bicyclic) bond motifs is 3. The lowest BCUT2D eigenvalue weighted by Gasteiger charge is -2.31. The fourth-order valence-electron chi connectivity index (χ4n) is 3.89. The van der Waals surface area contributed by atoms with Crippen molar-refractivity contribution in [3.05, 3.63) is 66.3 Å². The molecule has 0 bridgehead atoms. The third kappa shape index (κ3) is 2.15. The fourth-order valence-corrected chi connectivity index (χ4v) is 3.89. The topological polar surface area (TPSA) is 4.93 Å². The molecule has 4 rings (SSSR count). The van der Waals surface area contributed by atoms with E-state index in [-0.39, 0.29) is 0 Å². The van der Waals surface area contributed by atoms with E-state index in [9.17, 15) is 0 Å². The first-order chi connectivity index (χ1) is 11.6. The predicted molar refractivity (Wildman–Crippen MR) is 105 cm³/mol. The Labute approximate surface area is 144 Å². The number of para-hydroxylation sites is 2. The summed E-state index contributed by atoms with van der Waals surface area (Å²) in [5, 5.41) is 2.68. The van der Waals surface area contributed by atoms with Crippen molar-refractivity contribution >= 4 is 27.5 Å². The summed E-state index contributed by atoms with van der Waals surface area (Å²) in [6.07, 6.45) is 4.58. The number of benzene rings is 2. The van der Waals surface area contributed by atoms with E-state index >= 15 is 0 Å². The largest absolute Gasteiger partial charge is 0.309 e. The first kappa shape index (κ1) is 15.3. The van der Waals surface area contributed by atoms with Gasteiger partial charge in [-0.05, 0) is 41.5 Å². The summed E-state index contributed by atoms with van der Waals surface area (Å²) in [5.74, 6) is 1.94. The molecule has 2 atom stereocenters. The maximum absolute atomic E-state index is 2.45. The van der Waals surface area contributed by atoms with Gasteiger partial charge in [0, 0.05) is 16.5 Å². The average Bonchev–Trinajstić information content (AvgIpc) is 2.88. The van der Waals surface area contributed by atoms with Crippen molar-refractivity contribution in [3.63, 3.8) is 0 Å². The van der Waals surface area contributed by atoms with Crippen LogP contribution in [0.4, 0.5) is 0 Å². The monoisotopic (exact) mass is 315 g/mol. The molecule has 122 valence electrons. The van der Waals surface area contributed by atoms with Crippen molar-refractivity contribution in [1.29, 1.82) is 0 Å². The van der Waals surface area contributed by atoms with Crippen LogP contribution in [-0.2, 0) is 0 Å². The molecule has 1 aromatic heterocycles. The highest BCUT2D eigenvalue weighted by Gasteiger charge is 2.27. The fraction of sp³-hybridized carbons (Fsp3) is 0.304. The normalized spacial score (nSPS) is 16.9. The van der Waals surface area contributed by atoms with Gasteiger partial charge < -0.3 is 4.57 Å². The molecule has 1 heterocycles. The van der Waals surface area contributed by atoms with E-state index in [1.807, 2.05) is 0 Å². The molecule has 0 unspecified atom stereocenters. The van der Waals surface area contributed by atoms with E-state index in [2.05, 4.69) is 92.9 Å². The van der Waals surface area contributed by atoms with E-state index in [1.165, 1.54) is 33.1 Å². The molecule has 1 aliphatic rings. The Hall–Kier alpha value is -2.28. The minimum atomic E-state index is 0.574. The molecule has 1 aliphatic carbocycles. The number of allylic oxidation sites excluding steroid dienone is 4. The molecule has 0 aliphatic heterocycles. The van der Waals surface area contributed by atoms with Crippen LogP contribution in [-0.4, -0.2) is 4.57 Å². The smallest absolute Gasteiger partial charge is 0.0541 e. The second-order valence-electron chi connectivity index (χ2n) is 7.44. The molecule has 0 N–H and O–H groups in total. The maximum atomic E-state index is 2.45. The van der Waals surface area contributed by atoms with Crippen LogP contribution < -0.4 is 0 Å². The number of nitrogens with zero attached hydrogens (tertiary/aromatic N) is 1. The van der Waals surface area contributed by atoms with Gasteiger partial charge in [0.25, 0.3) is 0 Å². The van der Waals surface area contributed by atoms with Gasteiger partial charge in [0.1, 0.15) is 0 Å². The molecule has 3 aromatic rings. The average molecular weight is 315 g/mol. The van der Waals surface area contributed by atoms with E-state index in [1.54, 1.807) is 0 Å². The molecule has 0 amide bonds. The summed E-state index contributed by atoms with van der Waals surface area (Å²) in [4.78, 5) is 0. The van der Waals surface area contributed by atoms with E-state index in [0.717, 1.165) is 0 Å². The Kier molecular flexibility index (Phi) is 3.60. The van der Waals surface area contributed by atoms with Crippen LogP contribution in [0.3, 0.4) is 0 Å². The summed E-state index contributed by atoms with van der Waals surface area (Å²) < 4.78 is 2.45. The van der Waals surface area contributed by atoms with E-state index in [0.29, 0.717) is 17.8 Å². The Balaban J connectivity index is 1.85. The van der Waals surface area contributed by atoms with Crippen LogP contribution in [0.1, 0.15) is 27.7 Å². The van der Waals surface area contributed by atoms with Gasteiger partial charge in [0.05, 0.1) is 11.0 Å². The summed E-state index contributed by atoms with van der Waals surface area (Å²) in [7, 11) is 0. The number of rotatable bonds is 4. The van der Waals surface area contributed by atoms with Crippen LogP contribution >= 0.6 is 0 Å². The van der Waals surface area contributed by atoms with Crippen LogP contribution in [0.15, 0.2) is 66.3 Å².